The maximum Gasteiger partial charge on any atom is 0.247 e. The Morgan fingerprint density at radius 3 is 2.33 bits per heavy atom. The van der Waals surface area contributed by atoms with Gasteiger partial charge in [0, 0.05) is 33.1 Å². The summed E-state index contributed by atoms with van der Waals surface area (Å²) in [5, 5.41) is 3.00. The van der Waals surface area contributed by atoms with Crippen molar-refractivity contribution in [2.45, 2.75) is 59.2 Å². The monoisotopic (exact) mass is 455 g/mol. The largest absolute Gasteiger partial charge is 0.346 e. The molecule has 0 unspecified atom stereocenters. The summed E-state index contributed by atoms with van der Waals surface area (Å²) in [7, 11) is 1.93. The number of carbonyl (C=O) groups excluding carboxylic acids is 1. The van der Waals surface area contributed by atoms with Crippen LogP contribution in [0.3, 0.4) is 0 Å². The molecule has 1 fully saturated rings. The predicted octanol–water partition coefficient (Wildman–Crippen LogP) is 4.06. The number of nitrogens with zero attached hydrogens (tertiary/aromatic N) is 4. The van der Waals surface area contributed by atoms with Gasteiger partial charge in [0.1, 0.15) is 17.6 Å². The van der Waals surface area contributed by atoms with E-state index in [-0.39, 0.29) is 17.9 Å². The second-order valence-corrected chi connectivity index (χ2v) is 10.3. The second-order valence-electron chi connectivity index (χ2n) is 10.3. The lowest BCUT2D eigenvalue weighted by Gasteiger charge is -2.38. The molecule has 176 valence electrons. The van der Waals surface area contributed by atoms with Crippen LogP contribution in [0.2, 0.25) is 0 Å². The van der Waals surface area contributed by atoms with Gasteiger partial charge in [-0.05, 0) is 60.8 Å². The number of carbonyl (C=O) groups is 1. The minimum Gasteiger partial charge on any atom is -0.346 e. The summed E-state index contributed by atoms with van der Waals surface area (Å²) < 4.78 is 27.0. The molecule has 0 spiro atoms. The van der Waals surface area contributed by atoms with Crippen molar-refractivity contribution in [2.75, 3.05) is 23.8 Å². The Morgan fingerprint density at radius 2 is 1.73 bits per heavy atom. The first kappa shape index (κ1) is 22.2. The molecule has 1 atom stereocenters. The maximum atomic E-state index is 13.5. The number of anilines is 2. The Kier molecular flexibility index (Phi) is 5.59. The molecule has 33 heavy (non-hydrogen) atoms. The number of likely N-dealkylation sites (N-methyl/N-ethyl adjacent to an activating group) is 1. The number of hydrogen-bond acceptors (Lipinski definition) is 5. The van der Waals surface area contributed by atoms with Crippen molar-refractivity contribution in [3.8, 4) is 0 Å². The molecule has 1 aromatic heterocycles. The first-order chi connectivity index (χ1) is 15.7. The van der Waals surface area contributed by atoms with E-state index in [9.17, 15) is 13.6 Å². The summed E-state index contributed by atoms with van der Waals surface area (Å²) in [5.74, 6) is 1.42. The van der Waals surface area contributed by atoms with Crippen LogP contribution < -0.4 is 10.2 Å². The Morgan fingerprint density at radius 1 is 1.09 bits per heavy atom. The molecule has 0 bridgehead atoms. The van der Waals surface area contributed by atoms with E-state index in [4.69, 9.17) is 4.98 Å². The third-order valence-corrected chi connectivity index (χ3v) is 7.37. The van der Waals surface area contributed by atoms with Gasteiger partial charge in [-0.25, -0.2) is 18.7 Å². The minimum atomic E-state index is -0.760. The molecule has 6 nitrogen and oxygen atoms in total. The highest BCUT2D eigenvalue weighted by Crippen LogP contribution is 2.39. The maximum absolute atomic E-state index is 13.5. The van der Waals surface area contributed by atoms with Crippen LogP contribution in [0.15, 0.2) is 12.1 Å². The quantitative estimate of drug-likeness (QED) is 0.737. The van der Waals surface area contributed by atoms with Crippen LogP contribution in [0, 0.1) is 36.3 Å². The van der Waals surface area contributed by atoms with Gasteiger partial charge in [0.2, 0.25) is 5.91 Å². The lowest BCUT2D eigenvalue weighted by molar-refractivity contribution is -0.118. The molecule has 1 N–H and O–H groups in total. The molecular formula is C25H31F2N5O. The van der Waals surface area contributed by atoms with Crippen molar-refractivity contribution in [3.05, 3.63) is 46.4 Å². The SMILES string of the molecule is Cc1nc(CC2CC(CN3Cc4cc(F)c(F)cc4C3)C2)nc2c1NC(=O)[C@H](C(C)C)N2C. The first-order valence-electron chi connectivity index (χ1n) is 11.8. The highest BCUT2D eigenvalue weighted by Gasteiger charge is 2.37. The van der Waals surface area contributed by atoms with Gasteiger partial charge in [0.15, 0.2) is 17.5 Å². The molecule has 3 heterocycles. The van der Waals surface area contributed by atoms with Gasteiger partial charge in [0.25, 0.3) is 0 Å². The normalized spacial score (nSPS) is 24.5. The molecular weight excluding hydrogens is 424 g/mol. The third-order valence-electron chi connectivity index (χ3n) is 7.37. The van der Waals surface area contributed by atoms with Crippen molar-refractivity contribution >= 4 is 17.4 Å². The summed E-state index contributed by atoms with van der Waals surface area (Å²) in [6, 6.07) is 2.44. The summed E-state index contributed by atoms with van der Waals surface area (Å²) in [5.41, 5.74) is 3.33. The highest BCUT2D eigenvalue weighted by molar-refractivity contribution is 6.03. The Labute approximate surface area is 193 Å². The van der Waals surface area contributed by atoms with Crippen LogP contribution in [0.4, 0.5) is 20.3 Å². The van der Waals surface area contributed by atoms with Gasteiger partial charge in [-0.2, -0.15) is 0 Å². The Balaban J connectivity index is 1.19. The Hall–Kier alpha value is -2.61. The van der Waals surface area contributed by atoms with Crippen molar-refractivity contribution in [1.82, 2.24) is 14.9 Å². The zero-order chi connectivity index (χ0) is 23.4. The predicted molar refractivity (Wildman–Crippen MR) is 123 cm³/mol. The molecule has 2 aliphatic heterocycles. The zero-order valence-corrected chi connectivity index (χ0v) is 19.7. The highest BCUT2D eigenvalue weighted by atomic mass is 19.2. The van der Waals surface area contributed by atoms with Crippen LogP contribution in [0.1, 0.15) is 49.3 Å². The molecule has 0 saturated heterocycles. The van der Waals surface area contributed by atoms with E-state index in [0.717, 1.165) is 60.0 Å². The van der Waals surface area contributed by atoms with E-state index in [1.807, 2.05) is 32.7 Å². The fourth-order valence-corrected chi connectivity index (χ4v) is 5.77. The molecule has 0 radical (unpaired) electrons. The minimum absolute atomic E-state index is 0.00387. The second kappa shape index (κ2) is 8.31. The fraction of sp³-hybridized carbons (Fsp3) is 0.560. The van der Waals surface area contributed by atoms with E-state index in [2.05, 4.69) is 15.2 Å². The smallest absolute Gasteiger partial charge is 0.247 e. The standard InChI is InChI=1S/C25H31F2N5O/c1-13(2)23-25(33)30-22-14(3)28-21(29-24(22)31(23)4)7-15-5-16(6-15)10-32-11-17-8-19(26)20(27)9-18(17)12-32/h8-9,13,15-16,23H,5-7,10-12H2,1-4H3,(H,30,33)/t15?,16?,23-/m0/s1. The molecule has 1 aliphatic carbocycles. The number of aromatic nitrogens is 2. The lowest BCUT2D eigenvalue weighted by Crippen LogP contribution is -2.49. The Bertz CT molecular complexity index is 1070. The molecule has 2 aromatic rings. The van der Waals surface area contributed by atoms with Gasteiger partial charge >= 0.3 is 0 Å². The number of halogens is 2. The molecule has 5 rings (SSSR count). The van der Waals surface area contributed by atoms with E-state index in [1.54, 1.807) is 0 Å². The number of nitrogens with one attached hydrogen (secondary N) is 1. The number of rotatable bonds is 5. The molecule has 3 aliphatic rings. The van der Waals surface area contributed by atoms with Crippen LogP contribution in [-0.4, -0.2) is 40.4 Å². The average molecular weight is 456 g/mol. The van der Waals surface area contributed by atoms with Gasteiger partial charge in [-0.15, -0.1) is 0 Å². The van der Waals surface area contributed by atoms with Crippen LogP contribution in [-0.2, 0) is 24.3 Å². The van der Waals surface area contributed by atoms with Gasteiger partial charge in [-0.3, -0.25) is 9.69 Å². The molecule has 1 aromatic carbocycles. The third kappa shape index (κ3) is 4.09. The van der Waals surface area contributed by atoms with E-state index < -0.39 is 11.6 Å². The summed E-state index contributed by atoms with van der Waals surface area (Å²) in [6.45, 7) is 8.34. The number of benzene rings is 1. The number of amides is 1. The van der Waals surface area contributed by atoms with E-state index in [0.29, 0.717) is 24.9 Å². The fourth-order valence-electron chi connectivity index (χ4n) is 5.77. The summed E-state index contributed by atoms with van der Waals surface area (Å²) in [6.07, 6.45) is 3.04. The topological polar surface area (TPSA) is 61.4 Å². The van der Waals surface area contributed by atoms with Crippen molar-refractivity contribution < 1.29 is 13.6 Å². The molecule has 1 saturated carbocycles. The van der Waals surface area contributed by atoms with Crippen molar-refractivity contribution in [1.29, 1.82) is 0 Å². The van der Waals surface area contributed by atoms with Gasteiger partial charge in [-0.1, -0.05) is 13.8 Å². The van der Waals surface area contributed by atoms with Crippen LogP contribution >= 0.6 is 0 Å². The number of fused-ring (bicyclic) bond motifs is 2. The van der Waals surface area contributed by atoms with Gasteiger partial charge in [0.05, 0.1) is 5.69 Å². The van der Waals surface area contributed by atoms with E-state index in [1.165, 1.54) is 12.1 Å². The molecule has 8 heteroatoms. The molecule has 1 amide bonds. The lowest BCUT2D eigenvalue weighted by atomic mass is 9.73. The van der Waals surface area contributed by atoms with Crippen molar-refractivity contribution in [2.24, 2.45) is 17.8 Å². The van der Waals surface area contributed by atoms with Gasteiger partial charge < -0.3 is 10.2 Å². The summed E-state index contributed by atoms with van der Waals surface area (Å²) in [4.78, 5) is 26.3. The zero-order valence-electron chi connectivity index (χ0n) is 19.7. The summed E-state index contributed by atoms with van der Waals surface area (Å²) >= 11 is 0. The van der Waals surface area contributed by atoms with Crippen LogP contribution in [0.25, 0.3) is 0 Å². The first-order valence-corrected chi connectivity index (χ1v) is 11.8. The van der Waals surface area contributed by atoms with Crippen molar-refractivity contribution in [3.63, 3.8) is 0 Å². The number of aryl methyl sites for hydroxylation is 1. The van der Waals surface area contributed by atoms with Crippen LogP contribution in [0.5, 0.6) is 0 Å². The average Bonchev–Trinajstić information content (AvgIpc) is 3.08. The number of hydrogen-bond donors (Lipinski definition) is 1. The van der Waals surface area contributed by atoms with E-state index >= 15 is 0 Å².